The van der Waals surface area contributed by atoms with Gasteiger partial charge < -0.3 is 0 Å². The van der Waals surface area contributed by atoms with Gasteiger partial charge in [0.1, 0.15) is 0 Å². The predicted octanol–water partition coefficient (Wildman–Crippen LogP) is 5.09. The summed E-state index contributed by atoms with van der Waals surface area (Å²) >= 11 is 0. The molecule has 0 spiro atoms. The average molecular weight is 182 g/mol. The van der Waals surface area contributed by atoms with E-state index in [1.165, 1.54) is 51.4 Å². The van der Waals surface area contributed by atoms with Gasteiger partial charge in [-0.1, -0.05) is 45.3 Å². The summed E-state index contributed by atoms with van der Waals surface area (Å²) in [6.07, 6.45) is 13.7. The molecule has 0 N–H and O–H groups in total. The molecule has 0 fully saturated rings. The normalized spacial score (nSPS) is 16.7. The van der Waals surface area contributed by atoms with Gasteiger partial charge in [-0.15, -0.1) is 0 Å². The summed E-state index contributed by atoms with van der Waals surface area (Å²) in [6.45, 7) is 6.28. The van der Waals surface area contributed by atoms with Crippen LogP contribution < -0.4 is 0 Å². The molecule has 0 unspecified atom stereocenters. The van der Waals surface area contributed by atoms with Crippen molar-refractivity contribution in [3.63, 3.8) is 0 Å². The summed E-state index contributed by atoms with van der Waals surface area (Å²) in [5.74, 6) is 0. The molecule has 0 amide bonds. The summed E-state index contributed by atoms with van der Waals surface area (Å²) in [4.78, 5) is 0. The third-order valence-corrected chi connectivity index (χ3v) is 2.49. The van der Waals surface area contributed by atoms with E-state index in [0.717, 1.165) is 0 Å². The third-order valence-electron chi connectivity index (χ3n) is 2.49. The Morgan fingerprint density at radius 2 is 1.92 bits per heavy atom. The highest BCUT2D eigenvalue weighted by molar-refractivity contribution is 5.03. The zero-order chi connectivity index (χ0) is 9.94. The first kappa shape index (κ1) is 12.7. The fourth-order valence-electron chi connectivity index (χ4n) is 1.71. The number of rotatable bonds is 3. The lowest BCUT2D eigenvalue weighted by Gasteiger charge is -2.02. The summed E-state index contributed by atoms with van der Waals surface area (Å²) in [7, 11) is 0. The average Bonchev–Trinajstić information content (AvgIpc) is 2.46. The summed E-state index contributed by atoms with van der Waals surface area (Å²) in [6, 6.07) is 0. The van der Waals surface area contributed by atoms with E-state index in [0.29, 0.717) is 0 Å². The Bertz CT molecular complexity index is 122. The Morgan fingerprint density at radius 3 is 2.62 bits per heavy atom. The van der Waals surface area contributed by atoms with Gasteiger partial charge in [0.05, 0.1) is 0 Å². The lowest BCUT2D eigenvalue weighted by molar-refractivity contribution is 0.690. The maximum Gasteiger partial charge on any atom is -0.0320 e. The van der Waals surface area contributed by atoms with E-state index >= 15 is 0 Å². The lowest BCUT2D eigenvalue weighted by Crippen LogP contribution is -1.82. The molecule has 1 aliphatic rings. The minimum absolute atomic E-state index is 1.34. The quantitative estimate of drug-likeness (QED) is 0.533. The fraction of sp³-hybridized carbons (Fsp3) is 0.846. The van der Waals surface area contributed by atoms with Crippen LogP contribution in [0.1, 0.15) is 72.1 Å². The summed E-state index contributed by atoms with van der Waals surface area (Å²) in [5, 5.41) is 0. The van der Waals surface area contributed by atoms with Crippen molar-refractivity contribution in [1.29, 1.82) is 0 Å². The summed E-state index contributed by atoms with van der Waals surface area (Å²) in [5.41, 5.74) is 1.74. The minimum atomic E-state index is 1.34. The molecule has 0 aliphatic heterocycles. The summed E-state index contributed by atoms with van der Waals surface area (Å²) < 4.78 is 0. The second kappa shape index (κ2) is 9.83. The van der Waals surface area contributed by atoms with E-state index in [1.54, 1.807) is 5.57 Å². The van der Waals surface area contributed by atoms with Crippen LogP contribution in [0.4, 0.5) is 0 Å². The van der Waals surface area contributed by atoms with E-state index in [2.05, 4.69) is 13.0 Å². The molecule has 0 nitrogen and oxygen atoms in total. The molecule has 0 aromatic carbocycles. The molecular formula is C13H26. The lowest BCUT2D eigenvalue weighted by atomic mass is 10.0. The van der Waals surface area contributed by atoms with Crippen molar-refractivity contribution in [3.05, 3.63) is 11.6 Å². The molecule has 0 heteroatoms. The van der Waals surface area contributed by atoms with Crippen LogP contribution in [0, 0.1) is 0 Å². The van der Waals surface area contributed by atoms with E-state index in [4.69, 9.17) is 0 Å². The zero-order valence-corrected chi connectivity index (χ0v) is 9.73. The van der Waals surface area contributed by atoms with Gasteiger partial charge in [0.2, 0.25) is 0 Å². The second-order valence-electron chi connectivity index (χ2n) is 3.57. The van der Waals surface area contributed by atoms with Crippen molar-refractivity contribution in [1.82, 2.24) is 0 Å². The Balaban J connectivity index is 0.000000671. The van der Waals surface area contributed by atoms with Crippen LogP contribution in [-0.2, 0) is 0 Å². The van der Waals surface area contributed by atoms with Gasteiger partial charge in [-0.3, -0.25) is 0 Å². The maximum atomic E-state index is 2.49. The Hall–Kier alpha value is -0.260. The molecule has 13 heavy (non-hydrogen) atoms. The standard InChI is InChI=1S/C11H20.C2H6/c1-2-3-8-11-9-6-4-5-7-10-11;1-2/h9H,2-8,10H2,1H3;1-2H3. The molecule has 0 bridgehead atoms. The third kappa shape index (κ3) is 6.86. The molecule has 0 atom stereocenters. The van der Waals surface area contributed by atoms with E-state index in [1.807, 2.05) is 13.8 Å². The molecule has 1 aliphatic carbocycles. The smallest absolute Gasteiger partial charge is 0.0320 e. The number of unbranched alkanes of at least 4 members (excludes halogenated alkanes) is 1. The van der Waals surface area contributed by atoms with Crippen LogP contribution in [0.25, 0.3) is 0 Å². The number of hydrogen-bond donors (Lipinski definition) is 0. The van der Waals surface area contributed by atoms with Gasteiger partial charge in [-0.25, -0.2) is 0 Å². The van der Waals surface area contributed by atoms with E-state index in [9.17, 15) is 0 Å². The van der Waals surface area contributed by atoms with Crippen LogP contribution in [0.5, 0.6) is 0 Å². The highest BCUT2D eigenvalue weighted by Crippen LogP contribution is 2.20. The van der Waals surface area contributed by atoms with Crippen molar-refractivity contribution >= 4 is 0 Å². The molecule has 0 radical (unpaired) electrons. The van der Waals surface area contributed by atoms with Crippen LogP contribution in [0.3, 0.4) is 0 Å². The molecule has 0 aromatic rings. The van der Waals surface area contributed by atoms with Gasteiger partial charge in [0.25, 0.3) is 0 Å². The Labute approximate surface area is 84.4 Å². The minimum Gasteiger partial charge on any atom is -0.0853 e. The SMILES string of the molecule is CC.CCCCC1=CCCCCC1. The van der Waals surface area contributed by atoms with Crippen LogP contribution in [-0.4, -0.2) is 0 Å². The van der Waals surface area contributed by atoms with Crippen molar-refractivity contribution < 1.29 is 0 Å². The fourth-order valence-corrected chi connectivity index (χ4v) is 1.71. The number of hydrogen-bond acceptors (Lipinski definition) is 0. The largest absolute Gasteiger partial charge is 0.0853 e. The first-order valence-electron chi connectivity index (χ1n) is 6.11. The van der Waals surface area contributed by atoms with E-state index in [-0.39, 0.29) is 0 Å². The Morgan fingerprint density at radius 1 is 1.15 bits per heavy atom. The monoisotopic (exact) mass is 182 g/mol. The predicted molar refractivity (Wildman–Crippen MR) is 62.0 cm³/mol. The van der Waals surface area contributed by atoms with Gasteiger partial charge in [-0.05, 0) is 38.5 Å². The van der Waals surface area contributed by atoms with Crippen molar-refractivity contribution in [2.24, 2.45) is 0 Å². The molecule has 0 saturated carbocycles. The van der Waals surface area contributed by atoms with Crippen LogP contribution >= 0.6 is 0 Å². The zero-order valence-electron chi connectivity index (χ0n) is 9.73. The van der Waals surface area contributed by atoms with Crippen LogP contribution in [0.15, 0.2) is 11.6 Å². The molecule has 78 valence electrons. The van der Waals surface area contributed by atoms with E-state index < -0.39 is 0 Å². The first-order valence-corrected chi connectivity index (χ1v) is 6.11. The first-order chi connectivity index (χ1) is 6.43. The Kier molecular flexibility index (Phi) is 9.63. The molecule has 0 aromatic heterocycles. The molecule has 0 heterocycles. The van der Waals surface area contributed by atoms with Gasteiger partial charge in [0, 0.05) is 0 Å². The topological polar surface area (TPSA) is 0 Å². The van der Waals surface area contributed by atoms with Gasteiger partial charge in [-0.2, -0.15) is 0 Å². The molecular weight excluding hydrogens is 156 g/mol. The molecule has 0 saturated heterocycles. The van der Waals surface area contributed by atoms with Crippen molar-refractivity contribution in [2.75, 3.05) is 0 Å². The number of allylic oxidation sites excluding steroid dienone is 2. The van der Waals surface area contributed by atoms with Crippen molar-refractivity contribution in [3.8, 4) is 0 Å². The molecule has 1 rings (SSSR count). The second-order valence-corrected chi connectivity index (χ2v) is 3.57. The highest BCUT2D eigenvalue weighted by Gasteiger charge is 2.01. The maximum absolute atomic E-state index is 2.49. The highest BCUT2D eigenvalue weighted by atomic mass is 14.1. The van der Waals surface area contributed by atoms with Crippen LogP contribution in [0.2, 0.25) is 0 Å². The van der Waals surface area contributed by atoms with Gasteiger partial charge >= 0.3 is 0 Å². The van der Waals surface area contributed by atoms with Gasteiger partial charge in [0.15, 0.2) is 0 Å². The van der Waals surface area contributed by atoms with Crippen molar-refractivity contribution in [2.45, 2.75) is 72.1 Å².